The number of hydrogen-bond donors (Lipinski definition) is 6. The maximum Gasteiger partial charge on any atom is 0.538 e. The van der Waals surface area contributed by atoms with E-state index < -0.39 is 64.0 Å². The topological polar surface area (TPSA) is 236 Å². The number of aromatic amines is 1. The fourth-order valence-electron chi connectivity index (χ4n) is 3.16. The van der Waals surface area contributed by atoms with Gasteiger partial charge in [-0.1, -0.05) is 12.8 Å². The lowest BCUT2D eigenvalue weighted by Gasteiger charge is -2.19. The summed E-state index contributed by atoms with van der Waals surface area (Å²) in [6.45, 7) is -0.120. The Balaban J connectivity index is 1.86. The van der Waals surface area contributed by atoms with Crippen LogP contribution in [0.25, 0.3) is 0 Å². The second-order valence-electron chi connectivity index (χ2n) is 7.61. The molecule has 0 amide bonds. The molecule has 2 rings (SSSR count). The molecule has 1 aliphatic rings. The van der Waals surface area contributed by atoms with Crippen molar-refractivity contribution in [2.75, 3.05) is 20.2 Å². The lowest BCUT2D eigenvalue weighted by Crippen LogP contribution is -2.37. The first-order chi connectivity index (χ1) is 16.3. The number of phosphoric ester groups is 2. The molecule has 1 aromatic rings. The second kappa shape index (κ2) is 13.0. The minimum atomic E-state index is -5.33. The number of unbranched alkanes of at least 4 members (excludes halogenated alkanes) is 3. The van der Waals surface area contributed by atoms with Gasteiger partial charge in [0.1, 0.15) is 18.3 Å². The molecular weight excluding hydrogens is 516 g/mol. The normalized spacial score (nSPS) is 25.6. The molecule has 0 radical (unpaired) electrons. The summed E-state index contributed by atoms with van der Waals surface area (Å²) in [5, 5.41) is 23.2. The number of carbonyl (C=O) groups excluding carboxylic acids is 1. The molecule has 2 heterocycles. The third-order valence-corrected chi connectivity index (χ3v) is 7.41. The largest absolute Gasteiger partial charge is 0.538 e. The number of rotatable bonds is 14. The Morgan fingerprint density at radius 2 is 1.83 bits per heavy atom. The van der Waals surface area contributed by atoms with Gasteiger partial charge in [0.25, 0.3) is 5.56 Å². The standard InChI is InChI=1S/C17H29N3O13P2/c1-18-8-5-3-2-4-6-13(22)32-35(28,29)33-34(26,27)30-10-11-14(23)15(24)16(31-11)20-9-7-12(21)19-17(20)25/h7,9,11,14-16,18,23-24H,2-6,8,10H2,1H3,(H,26,27)(H,28,29)(H,19,21,25)/t11-,14?,15+,16-/m1/s1. The summed E-state index contributed by atoms with van der Waals surface area (Å²) in [5.74, 6) is -1.11. The summed E-state index contributed by atoms with van der Waals surface area (Å²) < 4.78 is 42.9. The van der Waals surface area contributed by atoms with Crippen molar-refractivity contribution in [2.24, 2.45) is 0 Å². The number of hydrogen-bond acceptors (Lipinski definition) is 12. The highest BCUT2D eigenvalue weighted by Crippen LogP contribution is 2.60. The van der Waals surface area contributed by atoms with E-state index in [0.717, 1.165) is 36.2 Å². The average Bonchev–Trinajstić information content (AvgIpc) is 3.02. The van der Waals surface area contributed by atoms with Gasteiger partial charge in [-0.3, -0.25) is 28.6 Å². The first-order valence-electron chi connectivity index (χ1n) is 10.6. The Labute approximate surface area is 199 Å². The van der Waals surface area contributed by atoms with Gasteiger partial charge in [-0.25, -0.2) is 13.9 Å². The van der Waals surface area contributed by atoms with Crippen LogP contribution in [0.4, 0.5) is 0 Å². The van der Waals surface area contributed by atoms with E-state index in [9.17, 15) is 43.5 Å². The number of aliphatic hydroxyl groups is 2. The van der Waals surface area contributed by atoms with Crippen molar-refractivity contribution in [3.63, 3.8) is 0 Å². The van der Waals surface area contributed by atoms with E-state index in [1.807, 2.05) is 4.98 Å². The van der Waals surface area contributed by atoms with E-state index in [-0.39, 0.29) is 6.42 Å². The average molecular weight is 545 g/mol. The molecule has 0 bridgehead atoms. The number of H-pyrrole nitrogens is 1. The van der Waals surface area contributed by atoms with Gasteiger partial charge in [0.05, 0.1) is 6.61 Å². The quantitative estimate of drug-likeness (QED) is 0.123. The van der Waals surface area contributed by atoms with Crippen molar-refractivity contribution < 1.29 is 52.0 Å². The van der Waals surface area contributed by atoms with E-state index >= 15 is 0 Å². The van der Waals surface area contributed by atoms with Crippen molar-refractivity contribution >= 4 is 21.6 Å². The minimum absolute atomic E-state index is 0.213. The highest BCUT2D eigenvalue weighted by Gasteiger charge is 2.46. The molecule has 0 aliphatic carbocycles. The van der Waals surface area contributed by atoms with Gasteiger partial charge in [-0.15, -0.1) is 0 Å². The van der Waals surface area contributed by atoms with Gasteiger partial charge in [0, 0.05) is 18.7 Å². The van der Waals surface area contributed by atoms with Gasteiger partial charge in [0.2, 0.25) is 0 Å². The molecule has 6 N–H and O–H groups in total. The first-order valence-corrected chi connectivity index (χ1v) is 13.6. The summed E-state index contributed by atoms with van der Waals surface area (Å²) >= 11 is 0. The smallest absolute Gasteiger partial charge is 0.387 e. The summed E-state index contributed by atoms with van der Waals surface area (Å²) in [6, 6.07) is 0.966. The van der Waals surface area contributed by atoms with Crippen LogP contribution in [0.5, 0.6) is 0 Å². The monoisotopic (exact) mass is 545 g/mol. The Hall–Kier alpha value is -1.71. The first kappa shape index (κ1) is 29.5. The molecule has 1 saturated heterocycles. The van der Waals surface area contributed by atoms with Crippen LogP contribution in [-0.4, -0.2) is 74.0 Å². The predicted octanol–water partition coefficient (Wildman–Crippen LogP) is -0.897. The molecule has 16 nitrogen and oxygen atoms in total. The Morgan fingerprint density at radius 3 is 2.49 bits per heavy atom. The molecule has 1 fully saturated rings. The van der Waals surface area contributed by atoms with Crippen LogP contribution in [0.3, 0.4) is 0 Å². The van der Waals surface area contributed by atoms with E-state index in [0.29, 0.717) is 12.8 Å². The third-order valence-electron chi connectivity index (χ3n) is 4.85. The maximum absolute atomic E-state index is 12.0. The highest BCUT2D eigenvalue weighted by atomic mass is 31.3. The zero-order chi connectivity index (χ0) is 26.2. The van der Waals surface area contributed by atoms with Crippen LogP contribution in [0.2, 0.25) is 0 Å². The minimum Gasteiger partial charge on any atom is -0.387 e. The van der Waals surface area contributed by atoms with E-state index in [1.165, 1.54) is 0 Å². The summed E-state index contributed by atoms with van der Waals surface area (Å²) in [5.41, 5.74) is -1.66. The van der Waals surface area contributed by atoms with E-state index in [4.69, 9.17) is 4.74 Å². The molecule has 0 spiro atoms. The number of aromatic nitrogens is 2. The van der Waals surface area contributed by atoms with Crippen LogP contribution in [0.15, 0.2) is 21.9 Å². The van der Waals surface area contributed by atoms with E-state index in [2.05, 4.69) is 18.7 Å². The number of nitrogens with one attached hydrogen (secondary N) is 2. The zero-order valence-corrected chi connectivity index (χ0v) is 20.5. The fourth-order valence-corrected chi connectivity index (χ4v) is 5.21. The summed E-state index contributed by atoms with van der Waals surface area (Å²) in [6.07, 6.45) is -2.85. The molecule has 1 aliphatic heterocycles. The van der Waals surface area contributed by atoms with Gasteiger partial charge in [0.15, 0.2) is 6.23 Å². The van der Waals surface area contributed by atoms with Crippen molar-refractivity contribution in [3.05, 3.63) is 33.1 Å². The van der Waals surface area contributed by atoms with Crippen LogP contribution in [0, 0.1) is 0 Å². The van der Waals surface area contributed by atoms with Gasteiger partial charge in [-0.05, 0) is 26.4 Å². The molecule has 18 heteroatoms. The summed E-state index contributed by atoms with van der Waals surface area (Å²) in [7, 11) is -8.83. The Kier molecular flexibility index (Phi) is 11.0. The van der Waals surface area contributed by atoms with Crippen molar-refractivity contribution in [2.45, 2.75) is 56.6 Å². The zero-order valence-electron chi connectivity index (χ0n) is 18.7. The van der Waals surface area contributed by atoms with Crippen LogP contribution < -0.4 is 16.6 Å². The SMILES string of the molecule is CNCCCCCCC(=O)OP(=O)(O)OP(=O)(O)OC[C@H]1O[C@@H](n2ccc(=O)[nH]c2=O)[C@@H](O)C1O. The molecule has 0 aromatic carbocycles. The number of ether oxygens (including phenoxy) is 1. The molecule has 1 aromatic heterocycles. The number of nitrogens with zero attached hydrogens (tertiary/aromatic N) is 1. The van der Waals surface area contributed by atoms with Crippen LogP contribution in [-0.2, 0) is 32.0 Å². The van der Waals surface area contributed by atoms with Gasteiger partial charge < -0.3 is 29.7 Å². The lowest BCUT2D eigenvalue weighted by atomic mass is 10.1. The lowest BCUT2D eigenvalue weighted by molar-refractivity contribution is -0.135. The number of phosphoric acid groups is 2. The van der Waals surface area contributed by atoms with Crippen molar-refractivity contribution in [1.29, 1.82) is 0 Å². The van der Waals surface area contributed by atoms with Gasteiger partial charge in [-0.2, -0.15) is 4.31 Å². The van der Waals surface area contributed by atoms with Crippen molar-refractivity contribution in [1.82, 2.24) is 14.9 Å². The Morgan fingerprint density at radius 1 is 1.14 bits per heavy atom. The van der Waals surface area contributed by atoms with Crippen molar-refractivity contribution in [3.8, 4) is 0 Å². The second-order valence-corrected chi connectivity index (χ2v) is 10.6. The molecule has 6 atom stereocenters. The third kappa shape index (κ3) is 9.35. The maximum atomic E-state index is 12.0. The molecular formula is C17H29N3O13P2. The van der Waals surface area contributed by atoms with Crippen LogP contribution in [0.1, 0.15) is 38.3 Å². The molecule has 35 heavy (non-hydrogen) atoms. The fraction of sp³-hybridized carbons (Fsp3) is 0.706. The molecule has 200 valence electrons. The molecule has 0 saturated carbocycles. The van der Waals surface area contributed by atoms with E-state index in [1.54, 1.807) is 7.05 Å². The predicted molar refractivity (Wildman–Crippen MR) is 117 cm³/mol. The van der Waals surface area contributed by atoms with Crippen LogP contribution >= 0.6 is 15.6 Å². The number of aliphatic hydroxyl groups excluding tert-OH is 2. The van der Waals surface area contributed by atoms with Gasteiger partial charge >= 0.3 is 27.3 Å². The number of carbonyl (C=O) groups is 1. The highest BCUT2D eigenvalue weighted by molar-refractivity contribution is 7.61. The Bertz CT molecular complexity index is 1060. The summed E-state index contributed by atoms with van der Waals surface area (Å²) in [4.78, 5) is 56.0. The molecule has 3 unspecified atom stereocenters.